The largest absolute Gasteiger partial charge is 0.385 e. The lowest BCUT2D eigenvalue weighted by Crippen LogP contribution is -2.41. The summed E-state index contributed by atoms with van der Waals surface area (Å²) in [4.78, 5) is 15.7. The monoisotopic (exact) mass is 255 g/mol. The molecule has 0 saturated carbocycles. The van der Waals surface area contributed by atoms with Crippen molar-refractivity contribution in [2.75, 3.05) is 20.3 Å². The predicted molar refractivity (Wildman–Crippen MR) is 66.8 cm³/mol. The van der Waals surface area contributed by atoms with E-state index in [2.05, 4.69) is 15.4 Å². The Hall–Kier alpha value is -1.47. The third-order valence-electron chi connectivity index (χ3n) is 2.50. The van der Waals surface area contributed by atoms with E-state index in [0.717, 1.165) is 6.42 Å². The molecule has 0 aliphatic heterocycles. The van der Waals surface area contributed by atoms with Gasteiger partial charge in [0, 0.05) is 33.7 Å². The number of ether oxygens (including phenoxy) is 1. The van der Waals surface area contributed by atoms with Crippen molar-refractivity contribution in [1.82, 2.24) is 20.1 Å². The van der Waals surface area contributed by atoms with Crippen molar-refractivity contribution in [3.05, 3.63) is 12.2 Å². The van der Waals surface area contributed by atoms with Gasteiger partial charge in [0.05, 0.1) is 6.04 Å². The summed E-state index contributed by atoms with van der Waals surface area (Å²) in [7, 11) is 3.44. The number of aryl methyl sites for hydroxylation is 1. The number of hydrogen-bond donors (Lipinski definition) is 2. The van der Waals surface area contributed by atoms with Gasteiger partial charge in [0.15, 0.2) is 5.82 Å². The van der Waals surface area contributed by atoms with E-state index in [4.69, 9.17) is 10.5 Å². The summed E-state index contributed by atoms with van der Waals surface area (Å²) >= 11 is 0. The minimum absolute atomic E-state index is 0.137. The van der Waals surface area contributed by atoms with Gasteiger partial charge in [-0.1, -0.05) is 0 Å². The third-order valence-corrected chi connectivity index (χ3v) is 2.50. The Kier molecular flexibility index (Phi) is 6.31. The van der Waals surface area contributed by atoms with Crippen LogP contribution in [0.1, 0.15) is 18.7 Å². The quantitative estimate of drug-likeness (QED) is 0.595. The Morgan fingerprint density at radius 1 is 1.67 bits per heavy atom. The second kappa shape index (κ2) is 7.78. The summed E-state index contributed by atoms with van der Waals surface area (Å²) < 4.78 is 6.54. The van der Waals surface area contributed by atoms with Gasteiger partial charge in [0.2, 0.25) is 5.91 Å². The standard InChI is InChI=1S/C11H21N5O2/c1-16-8-14-10(15-16)5-6-13-11(17)9(12)4-3-7-18-2/h8-9H,3-7,12H2,1-2H3,(H,13,17). The summed E-state index contributed by atoms with van der Waals surface area (Å²) in [6.07, 6.45) is 3.65. The van der Waals surface area contributed by atoms with Crippen molar-refractivity contribution in [1.29, 1.82) is 0 Å². The fourth-order valence-electron chi connectivity index (χ4n) is 1.51. The first-order valence-corrected chi connectivity index (χ1v) is 6.00. The molecule has 0 spiro atoms. The average Bonchev–Trinajstić information content (AvgIpc) is 2.75. The smallest absolute Gasteiger partial charge is 0.236 e. The highest BCUT2D eigenvalue weighted by molar-refractivity contribution is 5.81. The molecule has 0 radical (unpaired) electrons. The summed E-state index contributed by atoms with van der Waals surface area (Å²) in [6, 6.07) is -0.475. The van der Waals surface area contributed by atoms with Crippen LogP contribution in [0, 0.1) is 0 Å². The van der Waals surface area contributed by atoms with Crippen LogP contribution in [0.2, 0.25) is 0 Å². The molecule has 0 aliphatic rings. The maximum Gasteiger partial charge on any atom is 0.236 e. The normalized spacial score (nSPS) is 12.4. The molecular weight excluding hydrogens is 234 g/mol. The Labute approximate surface area is 107 Å². The maximum atomic E-state index is 11.6. The first kappa shape index (κ1) is 14.6. The van der Waals surface area contributed by atoms with E-state index >= 15 is 0 Å². The Balaban J connectivity index is 2.16. The maximum absolute atomic E-state index is 11.6. The van der Waals surface area contributed by atoms with Crippen LogP contribution in [0.3, 0.4) is 0 Å². The number of rotatable bonds is 8. The fraction of sp³-hybridized carbons (Fsp3) is 0.727. The molecule has 0 bridgehead atoms. The highest BCUT2D eigenvalue weighted by Gasteiger charge is 2.12. The third kappa shape index (κ3) is 5.24. The van der Waals surface area contributed by atoms with Crippen LogP contribution in [0.15, 0.2) is 6.33 Å². The molecule has 1 aromatic rings. The molecule has 1 rings (SSSR count). The van der Waals surface area contributed by atoms with Gasteiger partial charge < -0.3 is 15.8 Å². The molecule has 1 aromatic heterocycles. The van der Waals surface area contributed by atoms with Crippen LogP contribution in [-0.4, -0.2) is 47.0 Å². The Bertz CT molecular complexity index is 366. The van der Waals surface area contributed by atoms with Crippen LogP contribution >= 0.6 is 0 Å². The topological polar surface area (TPSA) is 95.1 Å². The van der Waals surface area contributed by atoms with E-state index in [1.54, 1.807) is 25.2 Å². The lowest BCUT2D eigenvalue weighted by Gasteiger charge is -2.11. The van der Waals surface area contributed by atoms with E-state index in [1.165, 1.54) is 0 Å². The second-order valence-electron chi connectivity index (χ2n) is 4.12. The predicted octanol–water partition coefficient (Wildman–Crippen LogP) is -0.772. The molecule has 7 heteroatoms. The molecule has 0 aliphatic carbocycles. The van der Waals surface area contributed by atoms with Crippen LogP contribution in [-0.2, 0) is 23.0 Å². The van der Waals surface area contributed by atoms with E-state index in [0.29, 0.717) is 31.8 Å². The van der Waals surface area contributed by atoms with Gasteiger partial charge in [-0.25, -0.2) is 4.98 Å². The SMILES string of the molecule is COCCCC(N)C(=O)NCCc1ncn(C)n1. The molecule has 7 nitrogen and oxygen atoms in total. The molecule has 0 saturated heterocycles. The van der Waals surface area contributed by atoms with Gasteiger partial charge in [0.1, 0.15) is 6.33 Å². The minimum atomic E-state index is -0.475. The highest BCUT2D eigenvalue weighted by atomic mass is 16.5. The number of carbonyl (C=O) groups is 1. The lowest BCUT2D eigenvalue weighted by atomic mass is 10.1. The molecule has 1 atom stereocenters. The van der Waals surface area contributed by atoms with Crippen molar-refractivity contribution in [3.8, 4) is 0 Å². The van der Waals surface area contributed by atoms with Crippen molar-refractivity contribution in [2.24, 2.45) is 12.8 Å². The fourth-order valence-corrected chi connectivity index (χ4v) is 1.51. The van der Waals surface area contributed by atoms with E-state index in [1.807, 2.05) is 0 Å². The number of aromatic nitrogens is 3. The zero-order chi connectivity index (χ0) is 13.4. The second-order valence-corrected chi connectivity index (χ2v) is 4.12. The van der Waals surface area contributed by atoms with Crippen LogP contribution in [0.5, 0.6) is 0 Å². The number of methoxy groups -OCH3 is 1. The van der Waals surface area contributed by atoms with Crippen LogP contribution in [0.4, 0.5) is 0 Å². The molecule has 3 N–H and O–H groups in total. The van der Waals surface area contributed by atoms with Crippen LogP contribution < -0.4 is 11.1 Å². The molecule has 0 aromatic carbocycles. The summed E-state index contributed by atoms with van der Waals surface area (Å²) in [5, 5.41) is 6.89. The average molecular weight is 255 g/mol. The number of hydrogen-bond acceptors (Lipinski definition) is 5. The summed E-state index contributed by atoms with van der Waals surface area (Å²) in [6.45, 7) is 1.12. The van der Waals surface area contributed by atoms with Gasteiger partial charge in [-0.15, -0.1) is 0 Å². The molecular formula is C11H21N5O2. The molecule has 0 fully saturated rings. The molecule has 1 unspecified atom stereocenters. The van der Waals surface area contributed by atoms with Crippen molar-refractivity contribution >= 4 is 5.91 Å². The zero-order valence-corrected chi connectivity index (χ0v) is 10.9. The van der Waals surface area contributed by atoms with Gasteiger partial charge in [-0.3, -0.25) is 9.48 Å². The van der Waals surface area contributed by atoms with Gasteiger partial charge in [-0.05, 0) is 12.8 Å². The molecule has 102 valence electrons. The molecule has 1 heterocycles. The van der Waals surface area contributed by atoms with Gasteiger partial charge in [0.25, 0.3) is 0 Å². The summed E-state index contributed by atoms with van der Waals surface area (Å²) in [5.74, 6) is 0.577. The number of nitrogens with zero attached hydrogens (tertiary/aromatic N) is 3. The molecule has 18 heavy (non-hydrogen) atoms. The zero-order valence-electron chi connectivity index (χ0n) is 10.9. The number of nitrogens with two attached hydrogens (primary N) is 1. The first-order valence-electron chi connectivity index (χ1n) is 6.00. The molecule has 1 amide bonds. The van der Waals surface area contributed by atoms with Crippen molar-refractivity contribution < 1.29 is 9.53 Å². The first-order chi connectivity index (χ1) is 8.63. The van der Waals surface area contributed by atoms with E-state index in [9.17, 15) is 4.79 Å². The van der Waals surface area contributed by atoms with Crippen LogP contribution in [0.25, 0.3) is 0 Å². The number of nitrogens with one attached hydrogen (secondary N) is 1. The number of carbonyl (C=O) groups excluding carboxylic acids is 1. The van der Waals surface area contributed by atoms with Crippen molar-refractivity contribution in [3.63, 3.8) is 0 Å². The summed E-state index contributed by atoms with van der Waals surface area (Å²) in [5.41, 5.74) is 5.74. The Morgan fingerprint density at radius 3 is 3.06 bits per heavy atom. The van der Waals surface area contributed by atoms with E-state index < -0.39 is 6.04 Å². The minimum Gasteiger partial charge on any atom is -0.385 e. The lowest BCUT2D eigenvalue weighted by molar-refractivity contribution is -0.122. The van der Waals surface area contributed by atoms with Gasteiger partial charge in [-0.2, -0.15) is 5.10 Å². The Morgan fingerprint density at radius 2 is 2.44 bits per heavy atom. The van der Waals surface area contributed by atoms with Crippen molar-refractivity contribution in [2.45, 2.75) is 25.3 Å². The van der Waals surface area contributed by atoms with E-state index in [-0.39, 0.29) is 5.91 Å². The van der Waals surface area contributed by atoms with Gasteiger partial charge >= 0.3 is 0 Å². The number of amides is 1. The highest BCUT2D eigenvalue weighted by Crippen LogP contribution is 1.95.